The maximum atomic E-state index is 9.55. The third-order valence-electron chi connectivity index (χ3n) is 4.06. The highest BCUT2D eigenvalue weighted by atomic mass is 16.4. The van der Waals surface area contributed by atoms with Gasteiger partial charge in [-0.15, -0.1) is 0 Å². The van der Waals surface area contributed by atoms with Crippen molar-refractivity contribution in [2.45, 2.75) is 6.42 Å². The standard InChI is InChI=1S/C18H19N.C4H4O4/c1-19-12-11-17(14-19)18-10-6-5-9-16(18)13-15-7-3-2-4-8-15;5-3(6)1-2-4(7)8/h2-11H,12-14H2,1H3;1-2H,(H,5,6)(H,7,8)/b;2-1+. The summed E-state index contributed by atoms with van der Waals surface area (Å²) in [5.41, 5.74) is 5.68. The number of carbonyl (C=O) groups is 2. The second kappa shape index (κ2) is 10.1. The van der Waals surface area contributed by atoms with Gasteiger partial charge in [-0.25, -0.2) is 9.59 Å². The van der Waals surface area contributed by atoms with Crippen LogP contribution in [0.25, 0.3) is 5.57 Å². The molecule has 0 saturated heterocycles. The summed E-state index contributed by atoms with van der Waals surface area (Å²) in [5, 5.41) is 15.6. The molecule has 0 aromatic heterocycles. The van der Waals surface area contributed by atoms with Gasteiger partial charge in [-0.1, -0.05) is 60.7 Å². The number of benzene rings is 2. The van der Waals surface area contributed by atoms with Crippen LogP contribution in [-0.4, -0.2) is 47.2 Å². The smallest absolute Gasteiger partial charge is 0.328 e. The zero-order chi connectivity index (χ0) is 19.6. The maximum Gasteiger partial charge on any atom is 0.328 e. The Kier molecular flexibility index (Phi) is 7.52. The predicted octanol–water partition coefficient (Wildman–Crippen LogP) is 3.32. The topological polar surface area (TPSA) is 77.8 Å². The highest BCUT2D eigenvalue weighted by molar-refractivity contribution is 5.89. The molecule has 0 aliphatic carbocycles. The average molecular weight is 365 g/mol. The van der Waals surface area contributed by atoms with E-state index in [1.165, 1.54) is 22.3 Å². The molecule has 0 saturated carbocycles. The lowest BCUT2D eigenvalue weighted by molar-refractivity contribution is -0.134. The van der Waals surface area contributed by atoms with Gasteiger partial charge in [0, 0.05) is 25.2 Å². The van der Waals surface area contributed by atoms with Crippen molar-refractivity contribution in [2.24, 2.45) is 0 Å². The first-order chi connectivity index (χ1) is 13.0. The summed E-state index contributed by atoms with van der Waals surface area (Å²) in [4.78, 5) is 21.4. The molecule has 2 N–H and O–H groups in total. The fourth-order valence-electron chi connectivity index (χ4n) is 2.83. The van der Waals surface area contributed by atoms with Crippen LogP contribution in [0.2, 0.25) is 0 Å². The molecule has 0 amide bonds. The van der Waals surface area contributed by atoms with Crippen LogP contribution in [0.4, 0.5) is 0 Å². The summed E-state index contributed by atoms with van der Waals surface area (Å²) < 4.78 is 0. The van der Waals surface area contributed by atoms with E-state index < -0.39 is 11.9 Å². The molecule has 5 heteroatoms. The number of carboxylic acids is 2. The molecule has 5 nitrogen and oxygen atoms in total. The number of hydrogen-bond donors (Lipinski definition) is 2. The molecule has 1 aliphatic rings. The summed E-state index contributed by atoms with van der Waals surface area (Å²) in [6.45, 7) is 2.13. The molecule has 0 bridgehead atoms. The molecular formula is C22H23NO4. The van der Waals surface area contributed by atoms with Gasteiger partial charge in [0.15, 0.2) is 0 Å². The van der Waals surface area contributed by atoms with Crippen molar-refractivity contribution in [3.63, 3.8) is 0 Å². The van der Waals surface area contributed by atoms with Crippen molar-refractivity contribution in [1.82, 2.24) is 4.90 Å². The maximum absolute atomic E-state index is 9.55. The predicted molar refractivity (Wildman–Crippen MR) is 106 cm³/mol. The second-order valence-electron chi connectivity index (χ2n) is 6.26. The fourth-order valence-corrected chi connectivity index (χ4v) is 2.83. The van der Waals surface area contributed by atoms with Crippen molar-refractivity contribution >= 4 is 17.5 Å². The molecule has 140 valence electrons. The number of nitrogens with zero attached hydrogens (tertiary/aromatic N) is 1. The molecule has 3 rings (SSSR count). The molecule has 0 spiro atoms. The van der Waals surface area contributed by atoms with Gasteiger partial charge in [0.2, 0.25) is 0 Å². The summed E-state index contributed by atoms with van der Waals surface area (Å²) >= 11 is 0. The minimum absolute atomic E-state index is 0.558. The van der Waals surface area contributed by atoms with Gasteiger partial charge in [0.05, 0.1) is 0 Å². The van der Waals surface area contributed by atoms with Crippen molar-refractivity contribution < 1.29 is 19.8 Å². The van der Waals surface area contributed by atoms with E-state index in [9.17, 15) is 9.59 Å². The first-order valence-corrected chi connectivity index (χ1v) is 8.59. The van der Waals surface area contributed by atoms with E-state index >= 15 is 0 Å². The summed E-state index contributed by atoms with van der Waals surface area (Å²) in [6, 6.07) is 19.5. The normalized spacial score (nSPS) is 13.7. The Morgan fingerprint density at radius 2 is 1.56 bits per heavy atom. The third-order valence-corrected chi connectivity index (χ3v) is 4.06. The number of rotatable bonds is 5. The molecule has 0 fully saturated rings. The van der Waals surface area contributed by atoms with E-state index in [0.717, 1.165) is 19.5 Å². The van der Waals surface area contributed by atoms with Crippen molar-refractivity contribution in [2.75, 3.05) is 20.1 Å². The van der Waals surface area contributed by atoms with Crippen molar-refractivity contribution in [3.05, 3.63) is 89.5 Å². The SMILES string of the molecule is CN1CC=C(c2ccccc2Cc2ccccc2)C1.O=C(O)/C=C/C(=O)O. The summed E-state index contributed by atoms with van der Waals surface area (Å²) in [7, 11) is 2.17. The van der Waals surface area contributed by atoms with Crippen LogP contribution in [0.1, 0.15) is 16.7 Å². The molecule has 2 aromatic rings. The lowest BCUT2D eigenvalue weighted by Gasteiger charge is -2.12. The Labute approximate surface area is 158 Å². The molecule has 0 radical (unpaired) electrons. The molecule has 1 aliphatic heterocycles. The monoisotopic (exact) mass is 365 g/mol. The average Bonchev–Trinajstić information content (AvgIpc) is 3.08. The van der Waals surface area contributed by atoms with Gasteiger partial charge in [0.25, 0.3) is 0 Å². The van der Waals surface area contributed by atoms with Crippen LogP contribution >= 0.6 is 0 Å². The van der Waals surface area contributed by atoms with Crippen molar-refractivity contribution in [3.8, 4) is 0 Å². The quantitative estimate of drug-likeness (QED) is 0.795. The van der Waals surface area contributed by atoms with Gasteiger partial charge in [0.1, 0.15) is 0 Å². The molecule has 0 atom stereocenters. The van der Waals surface area contributed by atoms with Gasteiger partial charge < -0.3 is 10.2 Å². The fraction of sp³-hybridized carbons (Fsp3) is 0.182. The third kappa shape index (κ3) is 6.92. The number of likely N-dealkylation sites (N-methyl/N-ethyl adjacent to an activating group) is 1. The van der Waals surface area contributed by atoms with Crippen LogP contribution in [0.15, 0.2) is 72.8 Å². The Balaban J connectivity index is 0.000000279. The molecule has 2 aromatic carbocycles. The van der Waals surface area contributed by atoms with E-state index in [1.54, 1.807) is 0 Å². The highest BCUT2D eigenvalue weighted by Gasteiger charge is 2.14. The van der Waals surface area contributed by atoms with E-state index in [1.807, 2.05) is 0 Å². The zero-order valence-corrected chi connectivity index (χ0v) is 15.2. The van der Waals surface area contributed by atoms with E-state index in [4.69, 9.17) is 10.2 Å². The number of carboxylic acid groups (broad SMARTS) is 2. The first-order valence-electron chi connectivity index (χ1n) is 8.59. The Bertz CT molecular complexity index is 824. The van der Waals surface area contributed by atoms with E-state index in [-0.39, 0.29) is 0 Å². The van der Waals surface area contributed by atoms with Crippen molar-refractivity contribution in [1.29, 1.82) is 0 Å². The number of aliphatic carboxylic acids is 2. The number of hydrogen-bond acceptors (Lipinski definition) is 3. The summed E-state index contributed by atoms with van der Waals surface area (Å²) in [5.74, 6) is -2.51. The Hall–Kier alpha value is -3.18. The Morgan fingerprint density at radius 1 is 0.963 bits per heavy atom. The van der Waals surface area contributed by atoms with Gasteiger partial charge in [-0.05, 0) is 35.7 Å². The van der Waals surface area contributed by atoms with Crippen LogP contribution in [0, 0.1) is 0 Å². The summed E-state index contributed by atoms with van der Waals surface area (Å²) in [6.07, 6.45) is 4.48. The molecular weight excluding hydrogens is 342 g/mol. The Morgan fingerprint density at radius 3 is 2.11 bits per heavy atom. The minimum atomic E-state index is -1.26. The largest absolute Gasteiger partial charge is 0.478 e. The van der Waals surface area contributed by atoms with Crippen LogP contribution in [-0.2, 0) is 16.0 Å². The lowest BCUT2D eigenvalue weighted by atomic mass is 9.95. The van der Waals surface area contributed by atoms with Gasteiger partial charge in [-0.3, -0.25) is 4.90 Å². The van der Waals surface area contributed by atoms with Crippen LogP contribution < -0.4 is 0 Å². The zero-order valence-electron chi connectivity index (χ0n) is 15.2. The van der Waals surface area contributed by atoms with Gasteiger partial charge >= 0.3 is 11.9 Å². The lowest BCUT2D eigenvalue weighted by Crippen LogP contribution is -2.13. The highest BCUT2D eigenvalue weighted by Crippen LogP contribution is 2.25. The van der Waals surface area contributed by atoms with Crippen LogP contribution in [0.3, 0.4) is 0 Å². The molecule has 27 heavy (non-hydrogen) atoms. The van der Waals surface area contributed by atoms with Crippen LogP contribution in [0.5, 0.6) is 0 Å². The molecule has 1 heterocycles. The van der Waals surface area contributed by atoms with E-state index in [2.05, 4.69) is 72.6 Å². The second-order valence-corrected chi connectivity index (χ2v) is 6.26. The molecule has 0 unspecified atom stereocenters. The van der Waals surface area contributed by atoms with E-state index in [0.29, 0.717) is 12.2 Å². The first kappa shape index (κ1) is 20.1. The minimum Gasteiger partial charge on any atom is -0.478 e. The van der Waals surface area contributed by atoms with Gasteiger partial charge in [-0.2, -0.15) is 0 Å².